The molecular weight excluding hydrogens is 404 g/mol. The van der Waals surface area contributed by atoms with E-state index >= 15 is 0 Å². The SMILES string of the molecule is Cc1oc2cc3oc(=O)c(CC(=O)NC[C@H]4CCCN5CCCC[C@@H]45)c(C)c3cc2c1C. The monoisotopic (exact) mass is 436 g/mol. The number of nitrogens with zero attached hydrogens (tertiary/aromatic N) is 1. The van der Waals surface area contributed by atoms with Gasteiger partial charge >= 0.3 is 5.63 Å². The summed E-state index contributed by atoms with van der Waals surface area (Å²) in [4.78, 5) is 28.1. The standard InChI is InChI=1S/C26H32N2O4/c1-15-17(3)31-23-13-24-20(11-19(15)23)16(2)21(26(30)32-24)12-25(29)27-14-18-7-6-10-28-9-5-4-8-22(18)28/h11,13,18,22H,4-10,12,14H2,1-3H3,(H,27,29)/t18-,22+/m1/s1. The number of nitrogens with one attached hydrogen (secondary N) is 1. The van der Waals surface area contributed by atoms with Gasteiger partial charge in [0.2, 0.25) is 5.91 Å². The van der Waals surface area contributed by atoms with Crippen LogP contribution in [0.1, 0.15) is 54.6 Å². The van der Waals surface area contributed by atoms with E-state index in [1.165, 1.54) is 38.8 Å². The second-order valence-corrected chi connectivity index (χ2v) is 9.60. The van der Waals surface area contributed by atoms with E-state index in [4.69, 9.17) is 8.83 Å². The van der Waals surface area contributed by atoms with Gasteiger partial charge in [-0.05, 0) is 82.7 Å². The summed E-state index contributed by atoms with van der Waals surface area (Å²) in [6.45, 7) is 8.92. The number of aryl methyl sites for hydroxylation is 3. The van der Waals surface area contributed by atoms with E-state index < -0.39 is 5.63 Å². The molecule has 0 spiro atoms. The molecule has 0 radical (unpaired) electrons. The first kappa shape index (κ1) is 21.3. The van der Waals surface area contributed by atoms with Crippen LogP contribution in [0.4, 0.5) is 0 Å². The van der Waals surface area contributed by atoms with Crippen molar-refractivity contribution in [1.82, 2.24) is 10.2 Å². The summed E-state index contributed by atoms with van der Waals surface area (Å²) in [6.07, 6.45) is 6.22. The molecule has 2 fully saturated rings. The zero-order valence-corrected chi connectivity index (χ0v) is 19.3. The van der Waals surface area contributed by atoms with E-state index in [1.54, 1.807) is 6.07 Å². The number of piperidine rings is 2. The minimum absolute atomic E-state index is 0.0483. The highest BCUT2D eigenvalue weighted by molar-refractivity contribution is 5.97. The highest BCUT2D eigenvalue weighted by Gasteiger charge is 2.33. The second kappa shape index (κ2) is 8.39. The maximum absolute atomic E-state index is 12.8. The molecule has 2 saturated heterocycles. The summed E-state index contributed by atoms with van der Waals surface area (Å²) in [6, 6.07) is 4.38. The Labute approximate surface area is 187 Å². The lowest BCUT2D eigenvalue weighted by Gasteiger charge is -2.44. The fourth-order valence-corrected chi connectivity index (χ4v) is 5.71. The van der Waals surface area contributed by atoms with Crippen LogP contribution < -0.4 is 10.9 Å². The minimum Gasteiger partial charge on any atom is -0.461 e. The molecule has 0 saturated carbocycles. The molecule has 4 heterocycles. The summed E-state index contributed by atoms with van der Waals surface area (Å²) < 4.78 is 11.4. The van der Waals surface area contributed by atoms with Gasteiger partial charge in [0.05, 0.1) is 12.0 Å². The predicted molar refractivity (Wildman–Crippen MR) is 125 cm³/mol. The number of furan rings is 1. The highest BCUT2D eigenvalue weighted by Crippen LogP contribution is 2.32. The summed E-state index contributed by atoms with van der Waals surface area (Å²) in [5.41, 5.74) is 3.09. The largest absolute Gasteiger partial charge is 0.461 e. The Morgan fingerprint density at radius 1 is 1.00 bits per heavy atom. The third-order valence-corrected chi connectivity index (χ3v) is 7.71. The summed E-state index contributed by atoms with van der Waals surface area (Å²) in [5, 5.41) is 4.98. The number of hydrogen-bond acceptors (Lipinski definition) is 5. The van der Waals surface area contributed by atoms with E-state index in [1.807, 2.05) is 26.8 Å². The average molecular weight is 437 g/mol. The van der Waals surface area contributed by atoms with E-state index in [2.05, 4.69) is 10.2 Å². The van der Waals surface area contributed by atoms with Crippen LogP contribution >= 0.6 is 0 Å². The lowest BCUT2D eigenvalue weighted by Crippen LogP contribution is -2.51. The van der Waals surface area contributed by atoms with Crippen molar-refractivity contribution in [2.24, 2.45) is 5.92 Å². The molecule has 2 atom stereocenters. The van der Waals surface area contributed by atoms with Crippen molar-refractivity contribution in [3.05, 3.63) is 45.0 Å². The Balaban J connectivity index is 1.35. The number of amides is 1. The number of carbonyl (C=O) groups excluding carboxylic acids is 1. The summed E-state index contributed by atoms with van der Waals surface area (Å²) in [5.74, 6) is 1.25. The third-order valence-electron chi connectivity index (χ3n) is 7.71. The van der Waals surface area contributed by atoms with Gasteiger partial charge in [-0.1, -0.05) is 6.42 Å². The zero-order chi connectivity index (χ0) is 22.4. The van der Waals surface area contributed by atoms with Gasteiger partial charge in [-0.25, -0.2) is 4.79 Å². The number of benzene rings is 1. The molecule has 6 heteroatoms. The first-order chi connectivity index (χ1) is 15.4. The first-order valence-corrected chi connectivity index (χ1v) is 11.9. The Kier molecular flexibility index (Phi) is 5.58. The maximum Gasteiger partial charge on any atom is 0.340 e. The molecule has 0 bridgehead atoms. The molecule has 1 N–H and O–H groups in total. The van der Waals surface area contributed by atoms with Gasteiger partial charge in [0, 0.05) is 29.4 Å². The lowest BCUT2D eigenvalue weighted by molar-refractivity contribution is -0.120. The molecule has 3 aromatic rings. The molecule has 1 aromatic carbocycles. The second-order valence-electron chi connectivity index (χ2n) is 9.60. The third kappa shape index (κ3) is 3.75. The van der Waals surface area contributed by atoms with E-state index in [-0.39, 0.29) is 12.3 Å². The summed E-state index contributed by atoms with van der Waals surface area (Å²) in [7, 11) is 0. The molecule has 1 amide bonds. The average Bonchev–Trinajstić information content (AvgIpc) is 3.06. The molecule has 5 rings (SSSR count). The van der Waals surface area contributed by atoms with Crippen molar-refractivity contribution < 1.29 is 13.6 Å². The van der Waals surface area contributed by atoms with Crippen molar-refractivity contribution >= 4 is 27.8 Å². The van der Waals surface area contributed by atoms with Crippen molar-refractivity contribution in [2.45, 2.75) is 65.3 Å². The van der Waals surface area contributed by atoms with Gasteiger partial charge in [-0.3, -0.25) is 4.79 Å². The Morgan fingerprint density at radius 3 is 2.59 bits per heavy atom. The normalized spacial score (nSPS) is 21.7. The number of rotatable bonds is 4. The minimum atomic E-state index is -0.444. The van der Waals surface area contributed by atoms with Crippen LogP contribution in [0.5, 0.6) is 0 Å². The van der Waals surface area contributed by atoms with Gasteiger partial charge in [-0.15, -0.1) is 0 Å². The smallest absolute Gasteiger partial charge is 0.340 e. The molecule has 0 unspecified atom stereocenters. The first-order valence-electron chi connectivity index (χ1n) is 11.9. The summed E-state index contributed by atoms with van der Waals surface area (Å²) >= 11 is 0. The van der Waals surface area contributed by atoms with Crippen LogP contribution in [0, 0.1) is 26.7 Å². The zero-order valence-electron chi connectivity index (χ0n) is 19.3. The van der Waals surface area contributed by atoms with Crippen LogP contribution in [0.3, 0.4) is 0 Å². The molecular formula is C26H32N2O4. The van der Waals surface area contributed by atoms with Gasteiger partial charge < -0.3 is 19.1 Å². The Morgan fingerprint density at radius 2 is 1.75 bits per heavy atom. The van der Waals surface area contributed by atoms with Crippen LogP contribution in [-0.4, -0.2) is 36.5 Å². The van der Waals surface area contributed by atoms with Crippen molar-refractivity contribution in [1.29, 1.82) is 0 Å². The van der Waals surface area contributed by atoms with Gasteiger partial charge in [0.25, 0.3) is 0 Å². The number of carbonyl (C=O) groups is 1. The Hall–Kier alpha value is -2.60. The van der Waals surface area contributed by atoms with Crippen LogP contribution in [-0.2, 0) is 11.2 Å². The molecule has 2 aromatic heterocycles. The van der Waals surface area contributed by atoms with Crippen molar-refractivity contribution in [2.75, 3.05) is 19.6 Å². The fourth-order valence-electron chi connectivity index (χ4n) is 5.71. The molecule has 6 nitrogen and oxygen atoms in total. The van der Waals surface area contributed by atoms with Crippen molar-refractivity contribution in [3.8, 4) is 0 Å². The quantitative estimate of drug-likeness (QED) is 0.614. The van der Waals surface area contributed by atoms with Crippen LogP contribution in [0.2, 0.25) is 0 Å². The number of fused-ring (bicyclic) bond motifs is 3. The fraction of sp³-hybridized carbons (Fsp3) is 0.538. The van der Waals surface area contributed by atoms with Crippen molar-refractivity contribution in [3.63, 3.8) is 0 Å². The van der Waals surface area contributed by atoms with Gasteiger partial charge in [0.1, 0.15) is 16.9 Å². The van der Waals surface area contributed by atoms with Gasteiger partial charge in [0.15, 0.2) is 0 Å². The molecule has 170 valence electrons. The van der Waals surface area contributed by atoms with Gasteiger partial charge in [-0.2, -0.15) is 0 Å². The van der Waals surface area contributed by atoms with Crippen LogP contribution in [0.15, 0.2) is 25.8 Å². The van der Waals surface area contributed by atoms with E-state index in [0.29, 0.717) is 35.2 Å². The number of hydrogen-bond donors (Lipinski definition) is 1. The molecule has 0 aliphatic carbocycles. The molecule has 2 aliphatic rings. The maximum atomic E-state index is 12.8. The van der Waals surface area contributed by atoms with E-state index in [0.717, 1.165) is 34.1 Å². The van der Waals surface area contributed by atoms with Crippen LogP contribution in [0.25, 0.3) is 21.9 Å². The lowest BCUT2D eigenvalue weighted by atomic mass is 9.83. The topological polar surface area (TPSA) is 75.7 Å². The van der Waals surface area contributed by atoms with E-state index in [9.17, 15) is 9.59 Å². The Bertz CT molecular complexity index is 1240. The molecule has 32 heavy (non-hydrogen) atoms. The highest BCUT2D eigenvalue weighted by atomic mass is 16.4. The molecule has 2 aliphatic heterocycles. The predicted octanol–water partition coefficient (Wildman–Crippen LogP) is 4.39.